The molecule has 2 N–H and O–H groups in total. The van der Waals surface area contributed by atoms with Gasteiger partial charge >= 0.3 is 0 Å². The molecule has 4 heteroatoms. The summed E-state index contributed by atoms with van der Waals surface area (Å²) >= 11 is 0. The molecule has 4 nitrogen and oxygen atoms in total. The number of hydrogen-bond acceptors (Lipinski definition) is 2. The average molecular weight is 416 g/mol. The molecule has 0 bridgehead atoms. The summed E-state index contributed by atoms with van der Waals surface area (Å²) in [7, 11) is 0. The summed E-state index contributed by atoms with van der Waals surface area (Å²) < 4.78 is 0. The minimum atomic E-state index is -0.155. The summed E-state index contributed by atoms with van der Waals surface area (Å²) in [6, 6.07) is 27.3. The summed E-state index contributed by atoms with van der Waals surface area (Å²) in [5.41, 5.74) is 1.49. The van der Waals surface area contributed by atoms with Crippen molar-refractivity contribution in [1.29, 1.82) is 0 Å². The van der Waals surface area contributed by atoms with Gasteiger partial charge in [0.1, 0.15) is 0 Å². The van der Waals surface area contributed by atoms with Gasteiger partial charge in [-0.25, -0.2) is 4.99 Å². The molecule has 0 atom stereocenters. The predicted octanol–water partition coefficient (Wildman–Crippen LogP) is 6.51. The molecule has 0 radical (unpaired) electrons. The van der Waals surface area contributed by atoms with E-state index in [1.165, 1.54) is 38.5 Å². The third kappa shape index (κ3) is 8.63. The maximum Gasteiger partial charge on any atom is 0.257 e. The Bertz CT molecular complexity index is 859. The van der Waals surface area contributed by atoms with Crippen molar-refractivity contribution in [1.82, 2.24) is 5.32 Å². The second-order valence-electron chi connectivity index (χ2n) is 7.91. The van der Waals surface area contributed by atoms with Gasteiger partial charge < -0.3 is 5.32 Å². The first-order chi connectivity index (χ1) is 15.3. The van der Waals surface area contributed by atoms with E-state index in [1.54, 1.807) is 0 Å². The van der Waals surface area contributed by atoms with E-state index < -0.39 is 0 Å². The number of aliphatic imine (C=N–C) groups is 1. The zero-order chi connectivity index (χ0) is 21.6. The number of carbonyl (C=O) groups excluding carboxylic acids is 1. The number of rotatable bonds is 3. The molecule has 0 saturated heterocycles. The summed E-state index contributed by atoms with van der Waals surface area (Å²) in [5, 5.41) is 6.37. The van der Waals surface area contributed by atoms with Crippen LogP contribution in [0.1, 0.15) is 61.7 Å². The molecule has 31 heavy (non-hydrogen) atoms. The van der Waals surface area contributed by atoms with Crippen LogP contribution in [0.15, 0.2) is 89.9 Å². The number of hydrogen-bond donors (Lipinski definition) is 2. The molecule has 2 aromatic carbocycles. The number of nitrogens with one attached hydrogen (secondary N) is 2. The van der Waals surface area contributed by atoms with Gasteiger partial charge in [0.25, 0.3) is 5.91 Å². The lowest BCUT2D eigenvalue weighted by Gasteiger charge is -2.16. The van der Waals surface area contributed by atoms with Crippen molar-refractivity contribution in [3.63, 3.8) is 0 Å². The molecule has 162 valence electrons. The van der Waals surface area contributed by atoms with Crippen molar-refractivity contribution in [3.05, 3.63) is 90.5 Å². The van der Waals surface area contributed by atoms with Gasteiger partial charge in [0, 0.05) is 11.3 Å². The Hall–Kier alpha value is -3.14. The Morgan fingerprint density at radius 1 is 0.677 bits per heavy atom. The molecule has 1 fully saturated rings. The predicted molar refractivity (Wildman–Crippen MR) is 130 cm³/mol. The van der Waals surface area contributed by atoms with Crippen LogP contribution >= 0.6 is 0 Å². The maximum absolute atomic E-state index is 12.8. The Kier molecular flexibility index (Phi) is 9.61. The third-order valence-electron chi connectivity index (χ3n) is 5.39. The molecular formula is C27H33N3O. The van der Waals surface area contributed by atoms with E-state index >= 15 is 0 Å². The average Bonchev–Trinajstić information content (AvgIpc) is 2.92. The molecule has 1 aliphatic rings. The smallest absolute Gasteiger partial charge is 0.257 e. The van der Waals surface area contributed by atoms with Crippen molar-refractivity contribution < 1.29 is 4.79 Å². The molecule has 3 rings (SSSR count). The Morgan fingerprint density at radius 2 is 1.16 bits per heavy atom. The molecule has 0 aromatic heterocycles. The highest BCUT2D eigenvalue weighted by Crippen LogP contribution is 2.19. The van der Waals surface area contributed by atoms with Gasteiger partial charge in [-0.1, -0.05) is 99.2 Å². The highest BCUT2D eigenvalue weighted by molar-refractivity contribution is 6.09. The number of nitrogens with zero attached hydrogens (tertiary/aromatic N) is 1. The van der Waals surface area contributed by atoms with E-state index in [0.29, 0.717) is 11.5 Å². The lowest BCUT2D eigenvalue weighted by atomic mass is 10.1. The molecule has 1 saturated carbocycles. The minimum absolute atomic E-state index is 0.155. The van der Waals surface area contributed by atoms with Gasteiger partial charge in [0.2, 0.25) is 5.96 Å². The zero-order valence-electron chi connectivity index (χ0n) is 18.2. The molecule has 2 aromatic rings. The Labute approximate surface area is 186 Å². The van der Waals surface area contributed by atoms with E-state index in [0.717, 1.165) is 18.5 Å². The van der Waals surface area contributed by atoms with Gasteiger partial charge in [0.15, 0.2) is 0 Å². The van der Waals surface area contributed by atoms with E-state index in [2.05, 4.69) is 10.6 Å². The van der Waals surface area contributed by atoms with Gasteiger partial charge in [-0.05, 0) is 37.1 Å². The van der Waals surface area contributed by atoms with Gasteiger partial charge in [-0.3, -0.25) is 10.1 Å². The fourth-order valence-electron chi connectivity index (χ4n) is 3.70. The molecule has 1 amide bonds. The quantitative estimate of drug-likeness (QED) is 0.443. The molecule has 0 spiro atoms. The van der Waals surface area contributed by atoms with Crippen molar-refractivity contribution >= 4 is 17.6 Å². The molecular weight excluding hydrogens is 382 g/mol. The largest absolute Gasteiger partial charge is 0.326 e. The summed E-state index contributed by atoms with van der Waals surface area (Å²) in [6.45, 7) is 0. The van der Waals surface area contributed by atoms with Crippen LogP contribution in [-0.4, -0.2) is 17.9 Å². The van der Waals surface area contributed by atoms with Crippen LogP contribution in [-0.2, 0) is 0 Å². The summed E-state index contributed by atoms with van der Waals surface area (Å²) in [6.07, 6.45) is 9.68. The summed E-state index contributed by atoms with van der Waals surface area (Å²) in [5.74, 6) is 0.358. The number of anilines is 1. The molecule has 0 heterocycles. The lowest BCUT2D eigenvalue weighted by molar-refractivity contribution is 0.0977. The Morgan fingerprint density at radius 3 is 1.77 bits per heavy atom. The second kappa shape index (κ2) is 13.2. The number of carbonyl (C=O) groups is 1. The van der Waals surface area contributed by atoms with Gasteiger partial charge in [0.05, 0.1) is 6.04 Å². The van der Waals surface area contributed by atoms with Gasteiger partial charge in [-0.2, -0.15) is 0 Å². The first-order valence-electron chi connectivity index (χ1n) is 11.4. The molecule has 0 aliphatic heterocycles. The van der Waals surface area contributed by atoms with Crippen LogP contribution in [0.3, 0.4) is 0 Å². The van der Waals surface area contributed by atoms with E-state index in [1.807, 2.05) is 84.9 Å². The number of guanidine groups is 1. The van der Waals surface area contributed by atoms with Crippen LogP contribution < -0.4 is 10.6 Å². The molecule has 0 unspecified atom stereocenters. The van der Waals surface area contributed by atoms with Crippen molar-refractivity contribution in [3.8, 4) is 0 Å². The minimum Gasteiger partial charge on any atom is -0.326 e. The first-order valence-corrected chi connectivity index (χ1v) is 11.4. The standard InChI is InChI=1S/C27H33N3O/c31-26(23-17-11-10-12-18-23)30-27(29-25-21-15-8-4-5-9-16-22-25)28-24-19-13-6-2-1-3-7-14-20-24/h1-3,6-7,10-14,17-20,25H,4-5,8-9,15-16,21-22H2,(H2,28,29,30,31). The topological polar surface area (TPSA) is 53.5 Å². The van der Waals surface area contributed by atoms with Crippen LogP contribution in [0.5, 0.6) is 0 Å². The van der Waals surface area contributed by atoms with Crippen molar-refractivity contribution in [2.75, 3.05) is 5.32 Å². The highest BCUT2D eigenvalue weighted by atomic mass is 16.1. The lowest BCUT2D eigenvalue weighted by Crippen LogP contribution is -2.37. The van der Waals surface area contributed by atoms with E-state index in [9.17, 15) is 4.79 Å². The molecule has 1 aliphatic carbocycles. The SMILES string of the molecule is O=C(NC(=NC1CCCCCCCC1)Nc1ccccccccc1)c1ccccc1. The maximum atomic E-state index is 12.8. The van der Waals surface area contributed by atoms with E-state index in [4.69, 9.17) is 4.99 Å². The third-order valence-corrected chi connectivity index (χ3v) is 5.39. The highest BCUT2D eigenvalue weighted by Gasteiger charge is 2.14. The van der Waals surface area contributed by atoms with Crippen molar-refractivity contribution in [2.24, 2.45) is 4.99 Å². The van der Waals surface area contributed by atoms with Crippen LogP contribution in [0, 0.1) is 0 Å². The normalized spacial score (nSPS) is 15.5. The summed E-state index contributed by atoms with van der Waals surface area (Å²) in [4.78, 5) is 17.8. The zero-order valence-corrected chi connectivity index (χ0v) is 18.2. The fraction of sp³-hybridized carbons (Fsp3) is 0.333. The second-order valence-corrected chi connectivity index (χ2v) is 7.91. The van der Waals surface area contributed by atoms with Crippen LogP contribution in [0.2, 0.25) is 0 Å². The van der Waals surface area contributed by atoms with E-state index in [-0.39, 0.29) is 11.9 Å². The van der Waals surface area contributed by atoms with Crippen molar-refractivity contribution in [2.45, 2.75) is 57.4 Å². The number of amides is 1. The van der Waals surface area contributed by atoms with Crippen LogP contribution in [0.25, 0.3) is 0 Å². The fourth-order valence-corrected chi connectivity index (χ4v) is 3.70. The number of benzene rings is 1. The monoisotopic (exact) mass is 415 g/mol. The Balaban J connectivity index is 1.85. The van der Waals surface area contributed by atoms with Gasteiger partial charge in [-0.15, -0.1) is 0 Å². The van der Waals surface area contributed by atoms with Crippen LogP contribution in [0.4, 0.5) is 5.69 Å². The first kappa shape index (κ1) is 22.5.